The van der Waals surface area contributed by atoms with Crippen molar-refractivity contribution >= 4 is 7.12 Å². The molecule has 126 valence electrons. The van der Waals surface area contributed by atoms with Crippen molar-refractivity contribution in [3.05, 3.63) is 65.7 Å². The van der Waals surface area contributed by atoms with Crippen LogP contribution in [0.15, 0.2) is 48.7 Å². The highest BCUT2D eigenvalue weighted by molar-refractivity contribution is 6.51. The number of halogens is 1. The molecule has 1 aliphatic rings. The monoisotopic (exact) mass is 327 g/mol. The second-order valence-corrected chi connectivity index (χ2v) is 7.50. The lowest BCUT2D eigenvalue weighted by Crippen LogP contribution is -2.45. The van der Waals surface area contributed by atoms with E-state index in [9.17, 15) is 4.39 Å². The van der Waals surface area contributed by atoms with Crippen LogP contribution in [0.25, 0.3) is 0 Å². The second kappa shape index (κ2) is 5.68. The number of nitrogens with zero attached hydrogens (tertiary/aromatic N) is 1. The molecule has 1 aliphatic heterocycles. The van der Waals surface area contributed by atoms with Crippen LogP contribution in [-0.4, -0.2) is 23.3 Å². The van der Waals surface area contributed by atoms with Crippen molar-refractivity contribution in [3.63, 3.8) is 0 Å². The average molecular weight is 327 g/mol. The van der Waals surface area contributed by atoms with E-state index in [-0.39, 0.29) is 0 Å². The van der Waals surface area contributed by atoms with E-state index < -0.39 is 29.6 Å². The Kier molecular flexibility index (Phi) is 4.05. The third kappa shape index (κ3) is 2.56. The molecule has 2 aromatic rings. The Morgan fingerprint density at radius 3 is 2.08 bits per heavy atom. The summed E-state index contributed by atoms with van der Waals surface area (Å²) in [5.74, 6) is -0.501. The molecule has 1 fully saturated rings. The Morgan fingerprint density at radius 1 is 0.958 bits per heavy atom. The average Bonchev–Trinajstić information content (AvgIpc) is 2.76. The second-order valence-electron chi connectivity index (χ2n) is 7.50. The van der Waals surface area contributed by atoms with Gasteiger partial charge in [0.1, 0.15) is 0 Å². The maximum atomic E-state index is 14.6. The van der Waals surface area contributed by atoms with Crippen molar-refractivity contribution in [1.82, 2.24) is 4.98 Å². The van der Waals surface area contributed by atoms with Crippen LogP contribution < -0.4 is 0 Å². The predicted octanol–water partition coefficient (Wildman–Crippen LogP) is 4.16. The SMILES string of the molecule is CC1(C)OB([C@@](C)(c2ccccc2)c2cccnc2F)OC1(C)C. The van der Waals surface area contributed by atoms with Crippen molar-refractivity contribution in [2.45, 2.75) is 51.1 Å². The zero-order valence-corrected chi connectivity index (χ0v) is 14.8. The van der Waals surface area contributed by atoms with Crippen molar-refractivity contribution in [2.24, 2.45) is 0 Å². The van der Waals surface area contributed by atoms with Crippen LogP contribution in [0.5, 0.6) is 0 Å². The molecule has 0 saturated carbocycles. The molecule has 1 saturated heterocycles. The predicted molar refractivity (Wildman–Crippen MR) is 93.2 cm³/mol. The first kappa shape index (κ1) is 17.1. The van der Waals surface area contributed by atoms with Crippen molar-refractivity contribution in [2.75, 3.05) is 0 Å². The van der Waals surface area contributed by atoms with E-state index in [2.05, 4.69) is 4.98 Å². The van der Waals surface area contributed by atoms with Crippen LogP contribution in [0.4, 0.5) is 4.39 Å². The lowest BCUT2D eigenvalue weighted by atomic mass is 9.52. The summed E-state index contributed by atoms with van der Waals surface area (Å²) in [6.45, 7) is 9.94. The summed E-state index contributed by atoms with van der Waals surface area (Å²) in [6, 6.07) is 13.2. The van der Waals surface area contributed by atoms with Gasteiger partial charge in [-0.1, -0.05) is 43.3 Å². The first-order valence-electron chi connectivity index (χ1n) is 8.21. The fraction of sp³-hybridized carbons (Fsp3) is 0.421. The summed E-state index contributed by atoms with van der Waals surface area (Å²) in [4.78, 5) is 3.84. The molecular formula is C19H23BFNO2. The van der Waals surface area contributed by atoms with E-state index in [4.69, 9.17) is 9.31 Å². The summed E-state index contributed by atoms with van der Waals surface area (Å²) in [6.07, 6.45) is 1.45. The molecule has 0 spiro atoms. The number of hydrogen-bond acceptors (Lipinski definition) is 3. The Bertz CT molecular complexity index is 719. The van der Waals surface area contributed by atoms with E-state index >= 15 is 0 Å². The molecule has 0 aliphatic carbocycles. The minimum atomic E-state index is -0.815. The highest BCUT2D eigenvalue weighted by atomic mass is 19.1. The van der Waals surface area contributed by atoms with Crippen molar-refractivity contribution in [3.8, 4) is 0 Å². The Hall–Kier alpha value is -1.72. The molecule has 0 unspecified atom stereocenters. The van der Waals surface area contributed by atoms with Gasteiger partial charge in [0.25, 0.3) is 0 Å². The van der Waals surface area contributed by atoms with Gasteiger partial charge in [-0.25, -0.2) is 4.98 Å². The maximum absolute atomic E-state index is 14.6. The molecule has 2 heterocycles. The molecule has 0 radical (unpaired) electrons. The smallest absolute Gasteiger partial charge is 0.402 e. The molecule has 0 amide bonds. The normalized spacial score (nSPS) is 21.5. The van der Waals surface area contributed by atoms with Gasteiger partial charge in [-0.2, -0.15) is 4.39 Å². The van der Waals surface area contributed by atoms with Gasteiger partial charge < -0.3 is 9.31 Å². The molecule has 1 atom stereocenters. The topological polar surface area (TPSA) is 31.4 Å². The highest BCUT2D eigenvalue weighted by Crippen LogP contribution is 2.46. The highest BCUT2D eigenvalue weighted by Gasteiger charge is 2.59. The van der Waals surface area contributed by atoms with Gasteiger partial charge in [-0.05, 0) is 39.3 Å². The van der Waals surface area contributed by atoms with Gasteiger partial charge >= 0.3 is 7.12 Å². The van der Waals surface area contributed by atoms with Crippen LogP contribution in [0, 0.1) is 5.95 Å². The maximum Gasteiger partial charge on any atom is 0.473 e. The molecule has 5 heteroatoms. The lowest BCUT2D eigenvalue weighted by Gasteiger charge is -2.32. The number of benzene rings is 1. The molecular weight excluding hydrogens is 304 g/mol. The number of rotatable bonds is 3. The summed E-state index contributed by atoms with van der Waals surface area (Å²) < 4.78 is 27.1. The van der Waals surface area contributed by atoms with Gasteiger partial charge in [0.15, 0.2) is 0 Å². The number of aromatic nitrogens is 1. The quantitative estimate of drug-likeness (QED) is 0.627. The van der Waals surface area contributed by atoms with E-state index in [0.29, 0.717) is 5.56 Å². The first-order valence-corrected chi connectivity index (χ1v) is 8.21. The molecule has 24 heavy (non-hydrogen) atoms. The molecule has 0 N–H and O–H groups in total. The van der Waals surface area contributed by atoms with Gasteiger partial charge in [0.05, 0.1) is 16.5 Å². The van der Waals surface area contributed by atoms with Gasteiger partial charge in [-0.3, -0.25) is 0 Å². The first-order chi connectivity index (χ1) is 11.2. The van der Waals surface area contributed by atoms with E-state index in [1.165, 1.54) is 6.20 Å². The number of hydrogen-bond donors (Lipinski definition) is 0. The summed E-state index contributed by atoms with van der Waals surface area (Å²) >= 11 is 0. The van der Waals surface area contributed by atoms with Crippen LogP contribution in [0.2, 0.25) is 0 Å². The molecule has 0 bridgehead atoms. The summed E-state index contributed by atoms with van der Waals surface area (Å²) in [5, 5.41) is -0.815. The largest absolute Gasteiger partial charge is 0.473 e. The van der Waals surface area contributed by atoms with Crippen molar-refractivity contribution < 1.29 is 13.7 Å². The zero-order valence-electron chi connectivity index (χ0n) is 14.8. The fourth-order valence-electron chi connectivity index (χ4n) is 3.06. The van der Waals surface area contributed by atoms with Gasteiger partial charge in [0.2, 0.25) is 5.95 Å². The van der Waals surface area contributed by atoms with Gasteiger partial charge in [0, 0.05) is 11.8 Å². The minimum absolute atomic E-state index is 0.467. The molecule has 1 aromatic carbocycles. The van der Waals surface area contributed by atoms with Crippen LogP contribution in [-0.2, 0) is 14.6 Å². The summed E-state index contributed by atoms with van der Waals surface area (Å²) in [5.41, 5.74) is 0.406. The number of pyridine rings is 1. The standard InChI is InChI=1S/C19H23BFNO2/c1-17(2)18(3,4)24-20(23-17)19(5,14-10-7-6-8-11-14)15-12-9-13-22-16(15)21/h6-13H,1-5H3/t19-/m0/s1. The van der Waals surface area contributed by atoms with Crippen LogP contribution in [0.1, 0.15) is 45.7 Å². The van der Waals surface area contributed by atoms with Crippen LogP contribution >= 0.6 is 0 Å². The van der Waals surface area contributed by atoms with E-state index in [1.54, 1.807) is 12.1 Å². The fourth-order valence-corrected chi connectivity index (χ4v) is 3.06. The lowest BCUT2D eigenvalue weighted by molar-refractivity contribution is 0.00578. The molecule has 3 nitrogen and oxygen atoms in total. The zero-order chi connectivity index (χ0) is 17.6. The van der Waals surface area contributed by atoms with E-state index in [0.717, 1.165) is 5.56 Å². The summed E-state index contributed by atoms with van der Waals surface area (Å²) in [7, 11) is -0.622. The van der Waals surface area contributed by atoms with Crippen LogP contribution in [0.3, 0.4) is 0 Å². The Labute approximate surface area is 143 Å². The van der Waals surface area contributed by atoms with Gasteiger partial charge in [-0.15, -0.1) is 0 Å². The minimum Gasteiger partial charge on any atom is -0.402 e. The van der Waals surface area contributed by atoms with Crippen molar-refractivity contribution in [1.29, 1.82) is 0 Å². The third-order valence-electron chi connectivity index (χ3n) is 5.42. The molecule has 1 aromatic heterocycles. The Balaban J connectivity index is 2.17. The Morgan fingerprint density at radius 2 is 1.54 bits per heavy atom. The van der Waals surface area contributed by atoms with E-state index in [1.807, 2.05) is 65.0 Å². The third-order valence-corrected chi connectivity index (χ3v) is 5.42. The molecule has 3 rings (SSSR count).